The first-order valence-electron chi connectivity index (χ1n) is 7.16. The molecule has 0 aromatic carbocycles. The molecule has 122 valence electrons. The minimum Gasteiger partial charge on any atom is -0.462 e. The molecule has 2 N–H and O–H groups in total. The molecule has 0 aliphatic rings. The predicted molar refractivity (Wildman–Crippen MR) is 82.9 cm³/mol. The molecule has 1 heterocycles. The Bertz CT molecular complexity index is 512. The van der Waals surface area contributed by atoms with Crippen LogP contribution >= 0.6 is 0 Å². The molecule has 0 aliphatic heterocycles. The van der Waals surface area contributed by atoms with Gasteiger partial charge in [-0.25, -0.2) is 14.6 Å². The Kier molecular flexibility index (Phi) is 6.62. The second-order valence-corrected chi connectivity index (χ2v) is 5.48. The summed E-state index contributed by atoms with van der Waals surface area (Å²) in [6, 6.07) is 3.30. The highest BCUT2D eigenvalue weighted by Crippen LogP contribution is 2.12. The third-order valence-electron chi connectivity index (χ3n) is 2.39. The van der Waals surface area contributed by atoms with Gasteiger partial charge in [0.05, 0.1) is 6.61 Å². The highest BCUT2D eigenvalue weighted by atomic mass is 16.6. The summed E-state index contributed by atoms with van der Waals surface area (Å²) < 4.78 is 10.1. The molecule has 0 unspecified atom stereocenters. The molecule has 1 aromatic heterocycles. The number of nitrogens with zero attached hydrogens (tertiary/aromatic N) is 1. The van der Waals surface area contributed by atoms with Crippen molar-refractivity contribution in [3.63, 3.8) is 0 Å². The maximum Gasteiger partial charge on any atom is 0.407 e. The standard InChI is InChI=1S/C15H23N3O4/c1-5-21-13(19)11-7-6-8-16-12(11)17-9-10-18-14(20)22-15(2,3)4/h6-8H,5,9-10H2,1-4H3,(H,16,17)(H,18,20). The summed E-state index contributed by atoms with van der Waals surface area (Å²) in [5.41, 5.74) is -0.170. The van der Waals surface area contributed by atoms with Gasteiger partial charge in [0.1, 0.15) is 17.0 Å². The number of alkyl carbamates (subject to hydrolysis) is 1. The van der Waals surface area contributed by atoms with E-state index in [1.165, 1.54) is 0 Å². The third kappa shape index (κ3) is 6.43. The van der Waals surface area contributed by atoms with E-state index in [0.29, 0.717) is 31.1 Å². The van der Waals surface area contributed by atoms with Crippen molar-refractivity contribution in [2.24, 2.45) is 0 Å². The Morgan fingerprint density at radius 1 is 1.27 bits per heavy atom. The van der Waals surface area contributed by atoms with E-state index in [2.05, 4.69) is 15.6 Å². The summed E-state index contributed by atoms with van der Waals surface area (Å²) in [5.74, 6) is -0.00913. The Morgan fingerprint density at radius 2 is 2.00 bits per heavy atom. The Balaban J connectivity index is 2.46. The quantitative estimate of drug-likeness (QED) is 0.618. The molecular weight excluding hydrogens is 286 g/mol. The summed E-state index contributed by atoms with van der Waals surface area (Å²) in [6.07, 6.45) is 1.09. The van der Waals surface area contributed by atoms with Crippen LogP contribution in [0.4, 0.5) is 10.6 Å². The number of pyridine rings is 1. The monoisotopic (exact) mass is 309 g/mol. The summed E-state index contributed by atoms with van der Waals surface area (Å²) in [7, 11) is 0. The molecule has 0 spiro atoms. The zero-order valence-corrected chi connectivity index (χ0v) is 13.4. The van der Waals surface area contributed by atoms with E-state index in [-0.39, 0.29) is 0 Å². The molecule has 22 heavy (non-hydrogen) atoms. The first-order valence-corrected chi connectivity index (χ1v) is 7.16. The molecule has 0 aliphatic carbocycles. The molecule has 0 atom stereocenters. The highest BCUT2D eigenvalue weighted by molar-refractivity contribution is 5.94. The van der Waals surface area contributed by atoms with Crippen molar-refractivity contribution in [3.8, 4) is 0 Å². The Morgan fingerprint density at radius 3 is 2.64 bits per heavy atom. The lowest BCUT2D eigenvalue weighted by Gasteiger charge is -2.19. The Hall–Kier alpha value is -2.31. The molecule has 0 saturated carbocycles. The van der Waals surface area contributed by atoms with Crippen LogP contribution in [0.25, 0.3) is 0 Å². The maximum atomic E-state index is 11.8. The van der Waals surface area contributed by atoms with E-state index in [4.69, 9.17) is 9.47 Å². The number of hydrogen-bond donors (Lipinski definition) is 2. The van der Waals surface area contributed by atoms with Gasteiger partial charge in [0.25, 0.3) is 0 Å². The minimum absolute atomic E-state index is 0.299. The van der Waals surface area contributed by atoms with Gasteiger partial charge in [-0.3, -0.25) is 0 Å². The first-order chi connectivity index (χ1) is 10.3. The molecule has 1 amide bonds. The summed E-state index contributed by atoms with van der Waals surface area (Å²) in [5, 5.41) is 5.60. The normalized spacial score (nSPS) is 10.7. The average Bonchev–Trinajstić information content (AvgIpc) is 2.42. The molecule has 7 heteroatoms. The van der Waals surface area contributed by atoms with Crippen molar-refractivity contribution in [1.29, 1.82) is 0 Å². The maximum absolute atomic E-state index is 11.8. The number of carbonyl (C=O) groups excluding carboxylic acids is 2. The minimum atomic E-state index is -0.532. The number of ether oxygens (including phenoxy) is 2. The number of carbonyl (C=O) groups is 2. The first kappa shape index (κ1) is 17.7. The number of nitrogens with one attached hydrogen (secondary N) is 2. The molecule has 7 nitrogen and oxygen atoms in total. The molecule has 1 aromatic rings. The van der Waals surface area contributed by atoms with Crippen molar-refractivity contribution in [1.82, 2.24) is 10.3 Å². The lowest BCUT2D eigenvalue weighted by molar-refractivity contribution is 0.0516. The van der Waals surface area contributed by atoms with Gasteiger partial charge in [-0.1, -0.05) is 0 Å². The topological polar surface area (TPSA) is 89.5 Å². The van der Waals surface area contributed by atoms with E-state index in [9.17, 15) is 9.59 Å². The van der Waals surface area contributed by atoms with E-state index in [1.807, 2.05) is 0 Å². The SMILES string of the molecule is CCOC(=O)c1cccnc1NCCNC(=O)OC(C)(C)C. The number of anilines is 1. The van der Waals surface area contributed by atoms with E-state index < -0.39 is 17.7 Å². The lowest BCUT2D eigenvalue weighted by Crippen LogP contribution is -2.35. The van der Waals surface area contributed by atoms with Gasteiger partial charge in [0.15, 0.2) is 0 Å². The van der Waals surface area contributed by atoms with Gasteiger partial charge < -0.3 is 20.1 Å². The molecular formula is C15H23N3O4. The largest absolute Gasteiger partial charge is 0.462 e. The summed E-state index contributed by atoms with van der Waals surface area (Å²) in [4.78, 5) is 27.4. The average molecular weight is 309 g/mol. The zero-order valence-electron chi connectivity index (χ0n) is 13.4. The molecule has 0 radical (unpaired) electrons. The van der Waals surface area contributed by atoms with Crippen molar-refractivity contribution in [2.45, 2.75) is 33.3 Å². The van der Waals surface area contributed by atoms with Crippen LogP contribution in [0.2, 0.25) is 0 Å². The summed E-state index contributed by atoms with van der Waals surface area (Å²) >= 11 is 0. The zero-order chi connectivity index (χ0) is 16.6. The van der Waals surface area contributed by atoms with E-state index in [0.717, 1.165) is 0 Å². The number of aromatic nitrogens is 1. The lowest BCUT2D eigenvalue weighted by atomic mass is 10.2. The predicted octanol–water partition coefficient (Wildman–Crippen LogP) is 2.19. The fourth-order valence-electron chi connectivity index (χ4n) is 1.58. The fourth-order valence-corrected chi connectivity index (χ4v) is 1.58. The number of rotatable bonds is 6. The van der Waals surface area contributed by atoms with Gasteiger partial charge in [-0.05, 0) is 39.8 Å². The van der Waals surface area contributed by atoms with E-state index >= 15 is 0 Å². The Labute approximate surface area is 130 Å². The van der Waals surface area contributed by atoms with Crippen LogP contribution in [-0.2, 0) is 9.47 Å². The number of esters is 1. The second kappa shape index (κ2) is 8.21. The fraction of sp³-hybridized carbons (Fsp3) is 0.533. The molecule has 0 saturated heterocycles. The van der Waals surface area contributed by atoms with Crippen molar-refractivity contribution >= 4 is 17.9 Å². The van der Waals surface area contributed by atoms with Crippen LogP contribution in [0.5, 0.6) is 0 Å². The second-order valence-electron chi connectivity index (χ2n) is 5.48. The molecule has 1 rings (SSSR count). The van der Waals surface area contributed by atoms with Crippen LogP contribution in [0.1, 0.15) is 38.1 Å². The van der Waals surface area contributed by atoms with Gasteiger partial charge in [-0.15, -0.1) is 0 Å². The number of hydrogen-bond acceptors (Lipinski definition) is 6. The molecule has 0 fully saturated rings. The summed E-state index contributed by atoms with van der Waals surface area (Å²) in [6.45, 7) is 8.18. The van der Waals surface area contributed by atoms with Gasteiger partial charge in [0.2, 0.25) is 0 Å². The smallest absolute Gasteiger partial charge is 0.407 e. The highest BCUT2D eigenvalue weighted by Gasteiger charge is 2.16. The number of amides is 1. The van der Waals surface area contributed by atoms with E-state index in [1.54, 1.807) is 46.0 Å². The van der Waals surface area contributed by atoms with Crippen LogP contribution in [-0.4, -0.2) is 42.3 Å². The van der Waals surface area contributed by atoms with Crippen LogP contribution in [0.3, 0.4) is 0 Å². The van der Waals surface area contributed by atoms with Crippen LogP contribution in [0, 0.1) is 0 Å². The third-order valence-corrected chi connectivity index (χ3v) is 2.39. The molecule has 0 bridgehead atoms. The van der Waals surface area contributed by atoms with Gasteiger partial charge in [0, 0.05) is 19.3 Å². The van der Waals surface area contributed by atoms with Crippen molar-refractivity contribution in [2.75, 3.05) is 25.0 Å². The van der Waals surface area contributed by atoms with Crippen LogP contribution < -0.4 is 10.6 Å². The van der Waals surface area contributed by atoms with Crippen LogP contribution in [0.15, 0.2) is 18.3 Å². The van der Waals surface area contributed by atoms with Crippen molar-refractivity contribution < 1.29 is 19.1 Å². The van der Waals surface area contributed by atoms with Gasteiger partial charge >= 0.3 is 12.1 Å². The van der Waals surface area contributed by atoms with Gasteiger partial charge in [-0.2, -0.15) is 0 Å². The van der Waals surface area contributed by atoms with Crippen molar-refractivity contribution in [3.05, 3.63) is 23.9 Å².